The van der Waals surface area contributed by atoms with Gasteiger partial charge in [-0.1, -0.05) is 0 Å². The minimum absolute atomic E-state index is 0.189. The zero-order chi connectivity index (χ0) is 8.48. The van der Waals surface area contributed by atoms with Crippen LogP contribution in [0.25, 0.3) is 0 Å². The topological polar surface area (TPSA) is 12.5 Å². The summed E-state index contributed by atoms with van der Waals surface area (Å²) in [6.07, 6.45) is -0.473. The fourth-order valence-electron chi connectivity index (χ4n) is 1.38. The molecule has 1 fully saturated rings. The molecule has 0 bridgehead atoms. The third-order valence-corrected chi connectivity index (χ3v) is 2.01. The van der Waals surface area contributed by atoms with Gasteiger partial charge in [0.05, 0.1) is 6.54 Å². The molecule has 4 heteroatoms. The molecular formula is C7H13F2NO. The Labute approximate surface area is 65.1 Å². The molecule has 1 aliphatic rings. The molecule has 0 aromatic rings. The lowest BCUT2D eigenvalue weighted by atomic mass is 10.0. The highest BCUT2D eigenvalue weighted by molar-refractivity contribution is 4.85. The van der Waals surface area contributed by atoms with Crippen LogP contribution in [0.2, 0.25) is 0 Å². The van der Waals surface area contributed by atoms with Crippen molar-refractivity contribution in [1.82, 2.24) is 4.90 Å². The molecule has 1 rings (SSSR count). The Morgan fingerprint density at radius 1 is 1.55 bits per heavy atom. The fraction of sp³-hybridized carbons (Fsp3) is 1.00. The van der Waals surface area contributed by atoms with Crippen molar-refractivity contribution in [2.75, 3.05) is 27.2 Å². The number of piperidine rings is 1. The van der Waals surface area contributed by atoms with Gasteiger partial charge in [-0.2, -0.15) is 0 Å². The largest absolute Gasteiger partial charge is 0.375 e. The van der Waals surface area contributed by atoms with E-state index in [1.54, 1.807) is 11.9 Å². The minimum atomic E-state index is -2.68. The normalized spacial score (nSPS) is 32.2. The van der Waals surface area contributed by atoms with E-state index in [-0.39, 0.29) is 6.54 Å². The maximum atomic E-state index is 13.0. The van der Waals surface area contributed by atoms with Crippen molar-refractivity contribution in [3.8, 4) is 0 Å². The number of hydrogen-bond donors (Lipinski definition) is 0. The number of methoxy groups -OCH3 is 1. The summed E-state index contributed by atoms with van der Waals surface area (Å²) in [5.41, 5.74) is 0. The lowest BCUT2D eigenvalue weighted by Gasteiger charge is -2.35. The molecule has 0 amide bonds. The molecule has 0 radical (unpaired) electrons. The zero-order valence-electron chi connectivity index (χ0n) is 6.81. The van der Waals surface area contributed by atoms with Gasteiger partial charge in [0.15, 0.2) is 0 Å². The molecule has 0 aromatic heterocycles. The van der Waals surface area contributed by atoms with Gasteiger partial charge in [-0.15, -0.1) is 0 Å². The molecule has 1 heterocycles. The van der Waals surface area contributed by atoms with Gasteiger partial charge < -0.3 is 9.64 Å². The highest BCUT2D eigenvalue weighted by Gasteiger charge is 2.43. The zero-order valence-corrected chi connectivity index (χ0v) is 6.81. The van der Waals surface area contributed by atoms with Gasteiger partial charge in [0.1, 0.15) is 6.10 Å². The van der Waals surface area contributed by atoms with Crippen LogP contribution in [-0.4, -0.2) is 44.2 Å². The van der Waals surface area contributed by atoms with Crippen molar-refractivity contribution in [3.05, 3.63) is 0 Å². The first kappa shape index (κ1) is 8.87. The lowest BCUT2D eigenvalue weighted by molar-refractivity contribution is -0.158. The highest BCUT2D eigenvalue weighted by Crippen LogP contribution is 2.28. The second-order valence-electron chi connectivity index (χ2n) is 3.01. The van der Waals surface area contributed by atoms with Crippen molar-refractivity contribution in [2.45, 2.75) is 18.4 Å². The van der Waals surface area contributed by atoms with Crippen LogP contribution < -0.4 is 0 Å². The molecule has 1 aliphatic heterocycles. The first-order chi connectivity index (χ1) is 5.06. The molecule has 0 spiro atoms. The van der Waals surface area contributed by atoms with Crippen molar-refractivity contribution < 1.29 is 13.5 Å². The summed E-state index contributed by atoms with van der Waals surface area (Å²) in [7, 11) is 3.03. The van der Waals surface area contributed by atoms with Crippen LogP contribution in [0.5, 0.6) is 0 Å². The third-order valence-electron chi connectivity index (χ3n) is 2.01. The SMILES string of the molecule is COC1CCN(C)CC1(F)F. The predicted molar refractivity (Wildman–Crippen MR) is 37.9 cm³/mol. The Balaban J connectivity index is 2.56. The van der Waals surface area contributed by atoms with Gasteiger partial charge in [-0.3, -0.25) is 0 Å². The third kappa shape index (κ3) is 1.87. The maximum Gasteiger partial charge on any atom is 0.286 e. The molecule has 66 valence electrons. The van der Waals surface area contributed by atoms with E-state index >= 15 is 0 Å². The maximum absolute atomic E-state index is 13.0. The number of rotatable bonds is 1. The summed E-state index contributed by atoms with van der Waals surface area (Å²) in [4.78, 5) is 1.62. The van der Waals surface area contributed by atoms with Gasteiger partial charge in [-0.25, -0.2) is 8.78 Å². The van der Waals surface area contributed by atoms with E-state index in [4.69, 9.17) is 0 Å². The molecule has 1 saturated heterocycles. The highest BCUT2D eigenvalue weighted by atomic mass is 19.3. The summed E-state index contributed by atoms with van der Waals surface area (Å²) in [5.74, 6) is -2.68. The smallest absolute Gasteiger partial charge is 0.286 e. The molecule has 1 unspecified atom stereocenters. The van der Waals surface area contributed by atoms with Crippen LogP contribution in [0.1, 0.15) is 6.42 Å². The number of ether oxygens (including phenoxy) is 1. The molecule has 11 heavy (non-hydrogen) atoms. The summed E-state index contributed by atoms with van der Waals surface area (Å²) in [5, 5.41) is 0. The van der Waals surface area contributed by atoms with E-state index in [1.807, 2.05) is 0 Å². The van der Waals surface area contributed by atoms with E-state index in [0.717, 1.165) is 0 Å². The quantitative estimate of drug-likeness (QED) is 0.574. The Kier molecular flexibility index (Phi) is 2.44. The minimum Gasteiger partial charge on any atom is -0.375 e. The van der Waals surface area contributed by atoms with Crippen LogP contribution in [0.4, 0.5) is 8.78 Å². The summed E-state index contributed by atoms with van der Waals surface area (Å²) >= 11 is 0. The average Bonchev–Trinajstić information content (AvgIpc) is 1.85. The number of hydrogen-bond acceptors (Lipinski definition) is 2. The van der Waals surface area contributed by atoms with E-state index in [9.17, 15) is 8.78 Å². The Bertz CT molecular complexity index is 140. The Hall–Kier alpha value is -0.220. The second-order valence-corrected chi connectivity index (χ2v) is 3.01. The Morgan fingerprint density at radius 2 is 2.18 bits per heavy atom. The predicted octanol–water partition coefficient (Wildman–Crippen LogP) is 0.972. The Morgan fingerprint density at radius 3 is 2.64 bits per heavy atom. The van der Waals surface area contributed by atoms with E-state index in [0.29, 0.717) is 13.0 Å². The molecule has 0 aromatic carbocycles. The summed E-state index contributed by atoms with van der Waals surface area (Å²) < 4.78 is 30.6. The van der Waals surface area contributed by atoms with Crippen LogP contribution in [0.3, 0.4) is 0 Å². The van der Waals surface area contributed by atoms with E-state index in [1.165, 1.54) is 7.11 Å². The van der Waals surface area contributed by atoms with Gasteiger partial charge in [0.2, 0.25) is 0 Å². The van der Waals surface area contributed by atoms with Gasteiger partial charge >= 0.3 is 0 Å². The number of alkyl halides is 2. The number of likely N-dealkylation sites (tertiary alicyclic amines) is 1. The molecule has 0 aliphatic carbocycles. The van der Waals surface area contributed by atoms with Gasteiger partial charge in [0.25, 0.3) is 5.92 Å². The van der Waals surface area contributed by atoms with Crippen molar-refractivity contribution in [3.63, 3.8) is 0 Å². The van der Waals surface area contributed by atoms with Crippen LogP contribution in [0, 0.1) is 0 Å². The average molecular weight is 165 g/mol. The van der Waals surface area contributed by atoms with Crippen LogP contribution in [-0.2, 0) is 4.74 Å². The van der Waals surface area contributed by atoms with Crippen LogP contribution in [0.15, 0.2) is 0 Å². The first-order valence-corrected chi connectivity index (χ1v) is 3.65. The number of halogens is 2. The molecule has 2 nitrogen and oxygen atoms in total. The van der Waals surface area contributed by atoms with Crippen molar-refractivity contribution in [2.24, 2.45) is 0 Å². The molecule has 1 atom stereocenters. The lowest BCUT2D eigenvalue weighted by Crippen LogP contribution is -2.50. The summed E-state index contributed by atoms with van der Waals surface area (Å²) in [6.45, 7) is 0.500. The fourth-order valence-corrected chi connectivity index (χ4v) is 1.38. The monoisotopic (exact) mass is 165 g/mol. The molecular weight excluding hydrogens is 152 g/mol. The van der Waals surface area contributed by atoms with E-state index in [2.05, 4.69) is 4.74 Å². The first-order valence-electron chi connectivity index (χ1n) is 3.65. The number of nitrogens with zero attached hydrogens (tertiary/aromatic N) is 1. The van der Waals surface area contributed by atoms with Crippen LogP contribution >= 0.6 is 0 Å². The van der Waals surface area contributed by atoms with Gasteiger partial charge in [0, 0.05) is 13.7 Å². The van der Waals surface area contributed by atoms with Gasteiger partial charge in [-0.05, 0) is 13.5 Å². The standard InChI is InChI=1S/C7H13F2NO/c1-10-4-3-6(11-2)7(8,9)5-10/h6H,3-5H2,1-2H3. The molecule has 0 saturated carbocycles. The van der Waals surface area contributed by atoms with Crippen molar-refractivity contribution >= 4 is 0 Å². The second kappa shape index (κ2) is 3.03. The van der Waals surface area contributed by atoms with Crippen molar-refractivity contribution in [1.29, 1.82) is 0 Å². The van der Waals surface area contributed by atoms with E-state index < -0.39 is 12.0 Å². The summed E-state index contributed by atoms with van der Waals surface area (Å²) in [6, 6.07) is 0. The molecule has 0 N–H and O–H groups in total.